The van der Waals surface area contributed by atoms with Crippen LogP contribution in [0.3, 0.4) is 0 Å². The summed E-state index contributed by atoms with van der Waals surface area (Å²) < 4.78 is 31.4. The van der Waals surface area contributed by atoms with Gasteiger partial charge in [-0.1, -0.05) is 0 Å². The van der Waals surface area contributed by atoms with Gasteiger partial charge in [0.1, 0.15) is 12.7 Å². The van der Waals surface area contributed by atoms with E-state index in [-0.39, 0.29) is 0 Å². The first-order valence-corrected chi connectivity index (χ1v) is 6.41. The van der Waals surface area contributed by atoms with Crippen molar-refractivity contribution in [1.29, 1.82) is 0 Å². The van der Waals surface area contributed by atoms with E-state index in [2.05, 4.69) is 15.5 Å². The molecule has 112 valence electrons. The molecule has 0 aromatic carbocycles. The molecule has 1 amide bonds. The highest BCUT2D eigenvalue weighted by molar-refractivity contribution is 5.79. The second-order valence-corrected chi connectivity index (χ2v) is 4.78. The minimum atomic E-state index is -3.31. The zero-order valence-corrected chi connectivity index (χ0v) is 10.8. The molecule has 0 aliphatic carbocycles. The summed E-state index contributed by atoms with van der Waals surface area (Å²) in [6, 6.07) is 1.69. The van der Waals surface area contributed by atoms with Crippen LogP contribution in [0, 0.1) is 5.92 Å². The lowest BCUT2D eigenvalue weighted by atomic mass is 9.91. The van der Waals surface area contributed by atoms with E-state index in [9.17, 15) is 13.6 Å². The number of nitrogens with zero attached hydrogens (tertiary/aromatic N) is 1. The van der Waals surface area contributed by atoms with Gasteiger partial charge in [0, 0.05) is 12.8 Å². The number of halogens is 2. The molecule has 1 aromatic rings. The summed E-state index contributed by atoms with van der Waals surface area (Å²) in [5.41, 5.74) is 0.652. The van der Waals surface area contributed by atoms with Gasteiger partial charge in [-0.05, 0) is 18.9 Å². The van der Waals surface area contributed by atoms with Gasteiger partial charge in [0.15, 0.2) is 0 Å². The molecule has 0 unspecified atom stereocenters. The first-order chi connectivity index (χ1) is 9.53. The van der Waals surface area contributed by atoms with Crippen molar-refractivity contribution in [3.8, 4) is 0 Å². The van der Waals surface area contributed by atoms with E-state index in [0.29, 0.717) is 25.1 Å². The van der Waals surface area contributed by atoms with Gasteiger partial charge < -0.3 is 15.2 Å². The molecule has 0 spiro atoms. The molecule has 0 bridgehead atoms. The van der Waals surface area contributed by atoms with Crippen molar-refractivity contribution in [2.24, 2.45) is 5.92 Å². The fourth-order valence-corrected chi connectivity index (χ4v) is 2.18. The van der Waals surface area contributed by atoms with Crippen molar-refractivity contribution in [3.63, 3.8) is 0 Å². The van der Waals surface area contributed by atoms with Crippen LogP contribution in [0.25, 0.3) is 0 Å². The van der Waals surface area contributed by atoms with Crippen LogP contribution in [0.1, 0.15) is 24.6 Å². The Kier molecular flexibility index (Phi) is 4.66. The van der Waals surface area contributed by atoms with Crippen molar-refractivity contribution in [1.82, 2.24) is 15.5 Å². The average molecular weight is 289 g/mol. The number of rotatable bonds is 5. The second kappa shape index (κ2) is 6.27. The minimum Gasteiger partial charge on any atom is -0.390 e. The third-order valence-electron chi connectivity index (χ3n) is 3.24. The van der Waals surface area contributed by atoms with Crippen LogP contribution < -0.4 is 5.32 Å². The first-order valence-electron chi connectivity index (χ1n) is 6.41. The predicted octanol–water partition coefficient (Wildman–Crippen LogP) is 0.621. The number of alkyl halides is 2. The molecular formula is C12H17F2N3O3. The Morgan fingerprint density at radius 2 is 2.45 bits per heavy atom. The second-order valence-electron chi connectivity index (χ2n) is 4.78. The third kappa shape index (κ3) is 3.51. The van der Waals surface area contributed by atoms with Gasteiger partial charge in [0.25, 0.3) is 5.92 Å². The molecule has 0 radical (unpaired) electrons. The molecule has 1 saturated heterocycles. The highest BCUT2D eigenvalue weighted by Gasteiger charge is 2.36. The highest BCUT2D eigenvalue weighted by Crippen LogP contribution is 2.32. The van der Waals surface area contributed by atoms with Gasteiger partial charge in [-0.15, -0.1) is 0 Å². The van der Waals surface area contributed by atoms with E-state index in [4.69, 9.17) is 9.84 Å². The summed E-state index contributed by atoms with van der Waals surface area (Å²) in [4.78, 5) is 12.0. The topological polar surface area (TPSA) is 87.2 Å². The fourth-order valence-electron chi connectivity index (χ4n) is 2.18. The minimum absolute atomic E-state index is 0.502. The Labute approximate surface area is 114 Å². The van der Waals surface area contributed by atoms with E-state index in [1.807, 2.05) is 0 Å². The van der Waals surface area contributed by atoms with Crippen LogP contribution in [0.15, 0.2) is 12.3 Å². The number of aromatic amines is 1. The van der Waals surface area contributed by atoms with Crippen LogP contribution in [0.5, 0.6) is 0 Å². The van der Waals surface area contributed by atoms with E-state index in [0.717, 1.165) is 0 Å². The number of amides is 1. The molecule has 1 aliphatic rings. The predicted molar refractivity (Wildman–Crippen MR) is 65.0 cm³/mol. The van der Waals surface area contributed by atoms with Gasteiger partial charge in [0.2, 0.25) is 5.91 Å². The zero-order valence-electron chi connectivity index (χ0n) is 10.8. The van der Waals surface area contributed by atoms with Crippen molar-refractivity contribution in [3.05, 3.63) is 18.0 Å². The van der Waals surface area contributed by atoms with Crippen molar-refractivity contribution in [2.45, 2.75) is 24.9 Å². The number of carbonyl (C=O) groups is 1. The number of ether oxygens (including phenoxy) is 1. The fraction of sp³-hybridized carbons (Fsp3) is 0.667. The van der Waals surface area contributed by atoms with Gasteiger partial charge in [-0.25, -0.2) is 8.78 Å². The Morgan fingerprint density at radius 1 is 1.65 bits per heavy atom. The quantitative estimate of drug-likeness (QED) is 0.741. The summed E-state index contributed by atoms with van der Waals surface area (Å²) in [6.07, 6.45) is 2.29. The van der Waals surface area contributed by atoms with Crippen LogP contribution in [-0.2, 0) is 9.53 Å². The van der Waals surface area contributed by atoms with Crippen molar-refractivity contribution < 1.29 is 23.4 Å². The third-order valence-corrected chi connectivity index (χ3v) is 3.24. The average Bonchev–Trinajstić information content (AvgIpc) is 2.99. The number of nitrogens with one attached hydrogen (secondary N) is 2. The van der Waals surface area contributed by atoms with Crippen LogP contribution >= 0.6 is 0 Å². The maximum absolute atomic E-state index is 12.9. The maximum atomic E-state index is 12.9. The Hall–Kier alpha value is -1.54. The number of aliphatic hydroxyl groups excluding tert-OH is 1. The molecule has 3 N–H and O–H groups in total. The van der Waals surface area contributed by atoms with Gasteiger partial charge >= 0.3 is 0 Å². The van der Waals surface area contributed by atoms with Crippen LogP contribution in [0.4, 0.5) is 8.78 Å². The van der Waals surface area contributed by atoms with Crippen LogP contribution in [-0.4, -0.2) is 46.9 Å². The molecule has 1 fully saturated rings. The summed E-state index contributed by atoms with van der Waals surface area (Å²) in [7, 11) is 0. The number of aliphatic hydroxyl groups is 1. The summed E-state index contributed by atoms with van der Waals surface area (Å²) in [5, 5.41) is 17.2. The Bertz CT molecular complexity index is 439. The molecule has 2 atom stereocenters. The smallest absolute Gasteiger partial charge is 0.287 e. The molecule has 8 heteroatoms. The number of carbonyl (C=O) groups excluding carboxylic acids is 1. The molecular weight excluding hydrogens is 272 g/mol. The molecule has 1 aliphatic heterocycles. The molecule has 6 nitrogen and oxygen atoms in total. The van der Waals surface area contributed by atoms with E-state index >= 15 is 0 Å². The van der Waals surface area contributed by atoms with Gasteiger partial charge in [-0.2, -0.15) is 5.10 Å². The lowest BCUT2D eigenvalue weighted by Crippen LogP contribution is -2.44. The normalized spacial score (nSPS) is 23.6. The number of aromatic nitrogens is 2. The van der Waals surface area contributed by atoms with E-state index < -0.39 is 37.0 Å². The van der Waals surface area contributed by atoms with Gasteiger partial charge in [-0.3, -0.25) is 9.89 Å². The molecule has 1 aromatic heterocycles. The standard InChI is InChI=1S/C12H17F2N3O3/c13-12(14,7-18)6-15-11(19)8-2-1-5-20-10(8)9-3-4-16-17-9/h3-4,8,10,18H,1-2,5-7H2,(H,15,19)(H,16,17)/t8-,10-/m1/s1. The summed E-state index contributed by atoms with van der Waals surface area (Å²) in [6.45, 7) is -1.66. The van der Waals surface area contributed by atoms with Gasteiger partial charge in [0.05, 0.1) is 18.2 Å². The van der Waals surface area contributed by atoms with Crippen molar-refractivity contribution in [2.75, 3.05) is 19.8 Å². The van der Waals surface area contributed by atoms with E-state index in [1.165, 1.54) is 0 Å². The SMILES string of the molecule is O=C(NCC(F)(F)CO)[C@@H]1CCCO[C@H]1c1ccn[nH]1. The zero-order chi connectivity index (χ0) is 14.6. The number of H-pyrrole nitrogens is 1. The lowest BCUT2D eigenvalue weighted by molar-refractivity contribution is -0.137. The summed E-state index contributed by atoms with van der Waals surface area (Å²) >= 11 is 0. The Morgan fingerprint density at radius 3 is 3.10 bits per heavy atom. The highest BCUT2D eigenvalue weighted by atomic mass is 19.3. The van der Waals surface area contributed by atoms with E-state index in [1.54, 1.807) is 12.3 Å². The molecule has 0 saturated carbocycles. The number of hydrogen-bond acceptors (Lipinski definition) is 4. The number of hydrogen-bond donors (Lipinski definition) is 3. The maximum Gasteiger partial charge on any atom is 0.287 e. The molecule has 2 heterocycles. The first kappa shape index (κ1) is 14.9. The van der Waals surface area contributed by atoms with Crippen LogP contribution in [0.2, 0.25) is 0 Å². The summed E-state index contributed by atoms with van der Waals surface area (Å²) in [5.74, 6) is -4.36. The lowest BCUT2D eigenvalue weighted by Gasteiger charge is -2.30. The monoisotopic (exact) mass is 289 g/mol. The molecule has 2 rings (SSSR count). The largest absolute Gasteiger partial charge is 0.390 e. The van der Waals surface area contributed by atoms with Crippen molar-refractivity contribution >= 4 is 5.91 Å². The molecule has 20 heavy (non-hydrogen) atoms. The Balaban J connectivity index is 1.99.